The Bertz CT molecular complexity index is 1990. The maximum atomic E-state index is 13.8. The van der Waals surface area contributed by atoms with Gasteiger partial charge in [0.15, 0.2) is 5.65 Å². The molecule has 1 amide bonds. The number of carbonyl (C=O) groups is 1. The first-order chi connectivity index (χ1) is 18.8. The molecule has 0 unspecified atom stereocenters. The topological polar surface area (TPSA) is 113 Å². The third-order valence-corrected chi connectivity index (χ3v) is 7.42. The third-order valence-electron chi connectivity index (χ3n) is 6.68. The number of amides is 1. The molecule has 0 fully saturated rings. The summed E-state index contributed by atoms with van der Waals surface area (Å²) in [5, 5.41) is 3.48. The summed E-state index contributed by atoms with van der Waals surface area (Å²) >= 11 is 12.4. The van der Waals surface area contributed by atoms with Crippen LogP contribution in [-0.4, -0.2) is 29.8 Å². The molecule has 0 bridgehead atoms. The molecule has 0 saturated heterocycles. The minimum atomic E-state index is -0.591. The second-order valence-electron chi connectivity index (χ2n) is 8.97. The fraction of sp³-hybridized carbons (Fsp3) is 0.0714. The van der Waals surface area contributed by atoms with Gasteiger partial charge in [0.05, 0.1) is 38.1 Å². The van der Waals surface area contributed by atoms with Crippen molar-refractivity contribution in [3.8, 4) is 11.4 Å². The lowest BCUT2D eigenvalue weighted by Crippen LogP contribution is -2.23. The Morgan fingerprint density at radius 1 is 0.897 bits per heavy atom. The Balaban J connectivity index is 1.54. The van der Waals surface area contributed by atoms with Gasteiger partial charge in [-0.1, -0.05) is 53.5 Å². The number of nitrogens with two attached hydrogens (primary N) is 1. The van der Waals surface area contributed by atoms with Crippen molar-refractivity contribution in [2.24, 2.45) is 7.05 Å². The van der Waals surface area contributed by atoms with Crippen LogP contribution in [0.25, 0.3) is 33.6 Å². The quantitative estimate of drug-likeness (QED) is 0.296. The number of fused-ring (bicyclic) bond motifs is 2. The second-order valence-corrected chi connectivity index (χ2v) is 9.78. The number of hydrogen-bond acceptors (Lipinski definition) is 5. The number of nitrogens with zero attached hydrogens (tertiary/aromatic N) is 5. The molecule has 0 aliphatic heterocycles. The van der Waals surface area contributed by atoms with Crippen LogP contribution >= 0.6 is 23.2 Å². The number of benzene rings is 3. The zero-order chi connectivity index (χ0) is 27.4. The number of anilines is 2. The van der Waals surface area contributed by atoms with Crippen LogP contribution in [0, 0.1) is 6.92 Å². The molecule has 9 nitrogen and oxygen atoms in total. The molecule has 3 aromatic heterocycles. The van der Waals surface area contributed by atoms with E-state index in [1.165, 1.54) is 4.68 Å². The lowest BCUT2D eigenvalue weighted by molar-refractivity contribution is 0.102. The molecule has 0 spiro atoms. The number of aromatic nitrogens is 5. The van der Waals surface area contributed by atoms with Gasteiger partial charge in [0.1, 0.15) is 22.6 Å². The normalized spacial score (nSPS) is 11.4. The molecule has 6 aromatic rings. The minimum absolute atomic E-state index is 0.0863. The van der Waals surface area contributed by atoms with E-state index < -0.39 is 5.91 Å². The molecule has 3 aromatic carbocycles. The summed E-state index contributed by atoms with van der Waals surface area (Å²) in [4.78, 5) is 36.8. The first-order valence-corrected chi connectivity index (χ1v) is 12.7. The first-order valence-electron chi connectivity index (χ1n) is 11.9. The monoisotopic (exact) mass is 557 g/mol. The highest BCUT2D eigenvalue weighted by Gasteiger charge is 2.27. The molecular weight excluding hydrogens is 537 g/mol. The van der Waals surface area contributed by atoms with Crippen LogP contribution in [0.15, 0.2) is 77.6 Å². The molecule has 194 valence electrons. The summed E-state index contributed by atoms with van der Waals surface area (Å²) in [6, 6.07) is 21.5. The molecule has 6 rings (SSSR count). The first kappa shape index (κ1) is 24.7. The number of nitrogens with one attached hydrogen (secondary N) is 1. The predicted molar refractivity (Wildman–Crippen MR) is 155 cm³/mol. The van der Waals surface area contributed by atoms with Crippen LogP contribution in [0.2, 0.25) is 10.0 Å². The van der Waals surface area contributed by atoms with E-state index >= 15 is 0 Å². The van der Waals surface area contributed by atoms with Gasteiger partial charge in [-0.05, 0) is 49.4 Å². The SMILES string of the molecule is Cc1c(NC(=O)c2c(N)n(-c3ccc(Cl)c(Cl)c3)c3nc4ccccc4nc23)c(=O)n(-c2ccccc2)n1C. The van der Waals surface area contributed by atoms with Gasteiger partial charge in [0.2, 0.25) is 0 Å². The molecule has 0 radical (unpaired) electrons. The summed E-state index contributed by atoms with van der Waals surface area (Å²) in [6.45, 7) is 1.76. The molecule has 0 aliphatic carbocycles. The van der Waals surface area contributed by atoms with E-state index in [9.17, 15) is 9.59 Å². The van der Waals surface area contributed by atoms with Gasteiger partial charge in [-0.3, -0.25) is 18.8 Å². The number of carbonyl (C=O) groups excluding carboxylic acids is 1. The highest BCUT2D eigenvalue weighted by Crippen LogP contribution is 2.34. The van der Waals surface area contributed by atoms with Crippen molar-refractivity contribution in [3.05, 3.63) is 104 Å². The predicted octanol–water partition coefficient (Wildman–Crippen LogP) is 5.51. The average Bonchev–Trinajstić information content (AvgIpc) is 3.33. The van der Waals surface area contributed by atoms with Crippen molar-refractivity contribution in [3.63, 3.8) is 0 Å². The third kappa shape index (κ3) is 3.94. The van der Waals surface area contributed by atoms with Crippen molar-refractivity contribution in [1.29, 1.82) is 0 Å². The smallest absolute Gasteiger partial charge is 0.295 e. The Labute approximate surface area is 232 Å². The molecule has 39 heavy (non-hydrogen) atoms. The van der Waals surface area contributed by atoms with Crippen LogP contribution in [0.1, 0.15) is 16.1 Å². The van der Waals surface area contributed by atoms with Gasteiger partial charge in [-0.25, -0.2) is 14.6 Å². The van der Waals surface area contributed by atoms with E-state index in [-0.39, 0.29) is 28.1 Å². The number of rotatable bonds is 4. The number of halogens is 2. The van der Waals surface area contributed by atoms with Crippen molar-refractivity contribution in [2.45, 2.75) is 6.92 Å². The molecule has 3 N–H and O–H groups in total. The Kier molecular flexibility index (Phi) is 5.90. The maximum absolute atomic E-state index is 13.8. The van der Waals surface area contributed by atoms with Gasteiger partial charge in [0, 0.05) is 7.05 Å². The average molecular weight is 558 g/mol. The van der Waals surface area contributed by atoms with Crippen LogP contribution in [0.4, 0.5) is 11.5 Å². The molecule has 0 aliphatic rings. The molecular formula is C28H21Cl2N7O2. The summed E-state index contributed by atoms with van der Waals surface area (Å²) in [6.07, 6.45) is 0. The van der Waals surface area contributed by atoms with Gasteiger partial charge in [-0.2, -0.15) is 0 Å². The number of para-hydroxylation sites is 3. The van der Waals surface area contributed by atoms with Crippen LogP contribution in [0.3, 0.4) is 0 Å². The summed E-state index contributed by atoms with van der Waals surface area (Å²) < 4.78 is 4.77. The van der Waals surface area contributed by atoms with E-state index in [2.05, 4.69) is 5.32 Å². The summed E-state index contributed by atoms with van der Waals surface area (Å²) in [7, 11) is 1.75. The maximum Gasteiger partial charge on any atom is 0.295 e. The minimum Gasteiger partial charge on any atom is -0.384 e. The fourth-order valence-corrected chi connectivity index (χ4v) is 4.95. The lowest BCUT2D eigenvalue weighted by Gasteiger charge is -2.09. The van der Waals surface area contributed by atoms with Crippen molar-refractivity contribution < 1.29 is 4.79 Å². The number of nitrogen functional groups attached to an aromatic ring is 1. The van der Waals surface area contributed by atoms with Crippen LogP contribution in [-0.2, 0) is 7.05 Å². The molecule has 11 heteroatoms. The summed E-state index contributed by atoms with van der Waals surface area (Å²) in [5.74, 6) is -0.500. The lowest BCUT2D eigenvalue weighted by atomic mass is 10.2. The van der Waals surface area contributed by atoms with Crippen LogP contribution in [0.5, 0.6) is 0 Å². The largest absolute Gasteiger partial charge is 0.384 e. The van der Waals surface area contributed by atoms with E-state index in [4.69, 9.17) is 38.9 Å². The van der Waals surface area contributed by atoms with Crippen molar-refractivity contribution >= 4 is 62.8 Å². The van der Waals surface area contributed by atoms with Gasteiger partial charge < -0.3 is 11.1 Å². The Morgan fingerprint density at radius 2 is 1.56 bits per heavy atom. The Hall–Kier alpha value is -4.60. The zero-order valence-electron chi connectivity index (χ0n) is 20.8. The van der Waals surface area contributed by atoms with Crippen LogP contribution < -0.4 is 16.6 Å². The van der Waals surface area contributed by atoms with Gasteiger partial charge >= 0.3 is 0 Å². The highest BCUT2D eigenvalue weighted by atomic mass is 35.5. The van der Waals surface area contributed by atoms with E-state index in [1.807, 2.05) is 48.5 Å². The number of hydrogen-bond donors (Lipinski definition) is 2. The molecule has 3 heterocycles. The second kappa shape index (κ2) is 9.30. The fourth-order valence-electron chi connectivity index (χ4n) is 4.66. The summed E-state index contributed by atoms with van der Waals surface area (Å²) in [5.41, 5.74) is 10.1. The highest BCUT2D eigenvalue weighted by molar-refractivity contribution is 6.42. The van der Waals surface area contributed by atoms with Crippen molar-refractivity contribution in [2.75, 3.05) is 11.1 Å². The van der Waals surface area contributed by atoms with Gasteiger partial charge in [-0.15, -0.1) is 0 Å². The van der Waals surface area contributed by atoms with E-state index in [0.29, 0.717) is 43.8 Å². The van der Waals surface area contributed by atoms with E-state index in [0.717, 1.165) is 0 Å². The Morgan fingerprint density at radius 3 is 2.26 bits per heavy atom. The van der Waals surface area contributed by atoms with Gasteiger partial charge in [0.25, 0.3) is 11.5 Å². The zero-order valence-corrected chi connectivity index (χ0v) is 22.3. The molecule has 0 atom stereocenters. The van der Waals surface area contributed by atoms with E-state index in [1.54, 1.807) is 47.5 Å². The standard InChI is InChI=1S/C28H21Cl2N7O2/c1-15-23(28(39)37(35(15)2)16-8-4-3-5-9-16)34-27(38)22-24-26(33-21-11-7-6-10-20(21)32-24)36(25(22)31)17-12-13-18(29)19(30)14-17/h3-14H,31H2,1-2H3,(H,34,38). The molecule has 0 saturated carbocycles. The van der Waals surface area contributed by atoms with Crippen molar-refractivity contribution in [1.82, 2.24) is 23.9 Å².